The Morgan fingerprint density at radius 2 is 1.70 bits per heavy atom. The quantitative estimate of drug-likeness (QED) is 0.876. The van der Waals surface area contributed by atoms with Gasteiger partial charge in [0, 0.05) is 0 Å². The van der Waals surface area contributed by atoms with Crippen molar-refractivity contribution in [2.75, 3.05) is 6.61 Å². The first kappa shape index (κ1) is 13.9. The van der Waals surface area contributed by atoms with E-state index in [1.165, 1.54) is 0 Å². The van der Waals surface area contributed by atoms with E-state index >= 15 is 0 Å². The van der Waals surface area contributed by atoms with Crippen molar-refractivity contribution in [3.8, 4) is 11.5 Å². The van der Waals surface area contributed by atoms with Crippen LogP contribution < -0.4 is 9.47 Å². The first-order valence-corrected chi connectivity index (χ1v) is 6.37. The molecule has 104 valence electrons. The van der Waals surface area contributed by atoms with Crippen LogP contribution in [0.5, 0.6) is 11.5 Å². The Kier molecular flexibility index (Phi) is 4.60. The molecule has 4 nitrogen and oxygen atoms in total. The van der Waals surface area contributed by atoms with E-state index in [-0.39, 0.29) is 5.56 Å². The van der Waals surface area contributed by atoms with E-state index in [0.717, 1.165) is 11.3 Å². The van der Waals surface area contributed by atoms with Gasteiger partial charge in [-0.25, -0.2) is 4.79 Å². The zero-order valence-corrected chi connectivity index (χ0v) is 11.2. The number of ether oxygens (including phenoxy) is 2. The third kappa shape index (κ3) is 3.75. The predicted octanol–water partition coefficient (Wildman–Crippen LogP) is 3.36. The Hall–Kier alpha value is -2.49. The highest BCUT2D eigenvalue weighted by Gasteiger charge is 2.03. The monoisotopic (exact) mass is 272 g/mol. The summed E-state index contributed by atoms with van der Waals surface area (Å²) in [7, 11) is 0. The molecule has 0 heterocycles. The number of carbonyl (C=O) groups is 1. The molecule has 0 saturated heterocycles. The lowest BCUT2D eigenvalue weighted by molar-refractivity contribution is 0.0696. The molecule has 2 aromatic carbocycles. The van der Waals surface area contributed by atoms with Gasteiger partial charge in [0.25, 0.3) is 0 Å². The molecule has 0 unspecified atom stereocenters. The first-order valence-electron chi connectivity index (χ1n) is 6.37. The van der Waals surface area contributed by atoms with Crippen LogP contribution in [0.15, 0.2) is 48.5 Å². The topological polar surface area (TPSA) is 55.8 Å². The third-order valence-corrected chi connectivity index (χ3v) is 2.71. The number of carboxylic acid groups (broad SMARTS) is 1. The fraction of sp³-hybridized carbons (Fsp3) is 0.188. The van der Waals surface area contributed by atoms with Crippen molar-refractivity contribution in [3.63, 3.8) is 0 Å². The van der Waals surface area contributed by atoms with Gasteiger partial charge in [-0.1, -0.05) is 12.1 Å². The maximum Gasteiger partial charge on any atom is 0.335 e. The maximum absolute atomic E-state index is 10.9. The second-order valence-electron chi connectivity index (χ2n) is 4.20. The van der Waals surface area contributed by atoms with Crippen LogP contribution in [0.1, 0.15) is 22.8 Å². The van der Waals surface area contributed by atoms with E-state index in [0.29, 0.717) is 19.0 Å². The molecule has 0 aliphatic heterocycles. The van der Waals surface area contributed by atoms with E-state index in [2.05, 4.69) is 0 Å². The van der Waals surface area contributed by atoms with Crippen molar-refractivity contribution in [2.45, 2.75) is 13.5 Å². The summed E-state index contributed by atoms with van der Waals surface area (Å²) in [6.07, 6.45) is 0. The van der Waals surface area contributed by atoms with Gasteiger partial charge in [0.2, 0.25) is 0 Å². The van der Waals surface area contributed by atoms with Gasteiger partial charge in [0.1, 0.15) is 18.1 Å². The molecule has 0 saturated carbocycles. The summed E-state index contributed by atoms with van der Waals surface area (Å²) in [6.45, 7) is 2.89. The minimum absolute atomic E-state index is 0.262. The van der Waals surface area contributed by atoms with E-state index in [1.54, 1.807) is 18.2 Å². The zero-order valence-electron chi connectivity index (χ0n) is 11.2. The molecule has 0 amide bonds. The highest BCUT2D eigenvalue weighted by atomic mass is 16.5. The second kappa shape index (κ2) is 6.61. The predicted molar refractivity (Wildman–Crippen MR) is 75.3 cm³/mol. The number of hydrogen-bond donors (Lipinski definition) is 1. The lowest BCUT2D eigenvalue weighted by atomic mass is 10.1. The highest BCUT2D eigenvalue weighted by molar-refractivity contribution is 5.87. The van der Waals surface area contributed by atoms with Crippen molar-refractivity contribution < 1.29 is 19.4 Å². The molecule has 20 heavy (non-hydrogen) atoms. The molecule has 2 aromatic rings. The molecule has 2 rings (SSSR count). The van der Waals surface area contributed by atoms with Gasteiger partial charge < -0.3 is 14.6 Å². The summed E-state index contributed by atoms with van der Waals surface area (Å²) >= 11 is 0. The van der Waals surface area contributed by atoms with Crippen LogP contribution in [-0.2, 0) is 6.61 Å². The van der Waals surface area contributed by atoms with Crippen LogP contribution in [0.3, 0.4) is 0 Å². The standard InChI is InChI=1S/C16H16O4/c1-2-19-14-6-8-15(9-7-14)20-11-12-4-3-5-13(10-12)16(17)18/h3-10H,2,11H2,1H3,(H,17,18). The first-order chi connectivity index (χ1) is 9.69. The van der Waals surface area contributed by atoms with Crippen LogP contribution in [0.25, 0.3) is 0 Å². The zero-order chi connectivity index (χ0) is 14.4. The largest absolute Gasteiger partial charge is 0.494 e. The van der Waals surface area contributed by atoms with Gasteiger partial charge in [0.15, 0.2) is 0 Å². The summed E-state index contributed by atoms with van der Waals surface area (Å²) in [4.78, 5) is 10.9. The number of hydrogen-bond acceptors (Lipinski definition) is 3. The Morgan fingerprint density at radius 3 is 2.30 bits per heavy atom. The van der Waals surface area contributed by atoms with Crippen molar-refractivity contribution in [1.29, 1.82) is 0 Å². The molecule has 4 heteroatoms. The molecule has 0 spiro atoms. The lowest BCUT2D eigenvalue weighted by Gasteiger charge is -2.08. The molecule has 0 aliphatic rings. The van der Waals surface area contributed by atoms with Crippen molar-refractivity contribution in [1.82, 2.24) is 0 Å². The minimum atomic E-state index is -0.937. The summed E-state index contributed by atoms with van der Waals surface area (Å²) in [6, 6.07) is 14.0. The lowest BCUT2D eigenvalue weighted by Crippen LogP contribution is -2.00. The average Bonchev–Trinajstić information content (AvgIpc) is 2.47. The summed E-state index contributed by atoms with van der Waals surface area (Å²) in [5.74, 6) is 0.579. The Balaban J connectivity index is 1.97. The summed E-state index contributed by atoms with van der Waals surface area (Å²) < 4.78 is 11.0. The van der Waals surface area contributed by atoms with Crippen molar-refractivity contribution >= 4 is 5.97 Å². The fourth-order valence-corrected chi connectivity index (χ4v) is 1.76. The van der Waals surface area contributed by atoms with Gasteiger partial charge in [-0.3, -0.25) is 0 Å². The molecule has 0 aliphatic carbocycles. The fourth-order valence-electron chi connectivity index (χ4n) is 1.76. The van der Waals surface area contributed by atoms with Crippen LogP contribution in [-0.4, -0.2) is 17.7 Å². The van der Waals surface area contributed by atoms with Gasteiger partial charge in [-0.15, -0.1) is 0 Å². The molecular formula is C16H16O4. The smallest absolute Gasteiger partial charge is 0.335 e. The number of benzene rings is 2. The molecule has 0 radical (unpaired) electrons. The van der Waals surface area contributed by atoms with E-state index in [4.69, 9.17) is 14.6 Å². The van der Waals surface area contributed by atoms with Gasteiger partial charge >= 0.3 is 5.97 Å². The summed E-state index contributed by atoms with van der Waals surface area (Å²) in [5.41, 5.74) is 1.08. The molecule has 0 fully saturated rings. The number of carboxylic acids is 1. The minimum Gasteiger partial charge on any atom is -0.494 e. The van der Waals surface area contributed by atoms with Crippen molar-refractivity contribution in [2.24, 2.45) is 0 Å². The van der Waals surface area contributed by atoms with Crippen molar-refractivity contribution in [3.05, 3.63) is 59.7 Å². The SMILES string of the molecule is CCOc1ccc(OCc2cccc(C(=O)O)c2)cc1. The highest BCUT2D eigenvalue weighted by Crippen LogP contribution is 2.18. The van der Waals surface area contributed by atoms with Crippen LogP contribution in [0, 0.1) is 0 Å². The molecular weight excluding hydrogens is 256 g/mol. The van der Waals surface area contributed by atoms with E-state index in [1.807, 2.05) is 37.3 Å². The van der Waals surface area contributed by atoms with Gasteiger partial charge in [-0.05, 0) is 48.9 Å². The average molecular weight is 272 g/mol. The normalized spacial score (nSPS) is 10.1. The Bertz CT molecular complexity index is 575. The second-order valence-corrected chi connectivity index (χ2v) is 4.20. The van der Waals surface area contributed by atoms with E-state index in [9.17, 15) is 4.79 Å². The van der Waals surface area contributed by atoms with Gasteiger partial charge in [-0.2, -0.15) is 0 Å². The van der Waals surface area contributed by atoms with Crippen LogP contribution >= 0.6 is 0 Å². The third-order valence-electron chi connectivity index (χ3n) is 2.71. The maximum atomic E-state index is 10.9. The Morgan fingerprint density at radius 1 is 1.05 bits per heavy atom. The molecule has 0 bridgehead atoms. The van der Waals surface area contributed by atoms with Crippen LogP contribution in [0.2, 0.25) is 0 Å². The van der Waals surface area contributed by atoms with E-state index < -0.39 is 5.97 Å². The summed E-state index contributed by atoms with van der Waals surface area (Å²) in [5, 5.41) is 8.92. The van der Waals surface area contributed by atoms with Crippen LogP contribution in [0.4, 0.5) is 0 Å². The van der Waals surface area contributed by atoms with Gasteiger partial charge in [0.05, 0.1) is 12.2 Å². The molecule has 0 atom stereocenters. The molecule has 1 N–H and O–H groups in total. The number of aromatic carboxylic acids is 1. The molecule has 0 aromatic heterocycles. The Labute approximate surface area is 117 Å². The number of rotatable bonds is 6.